The number of carboxylic acid groups (broad SMARTS) is 1. The van der Waals surface area contributed by atoms with Crippen molar-refractivity contribution in [3.63, 3.8) is 0 Å². The van der Waals surface area contributed by atoms with Gasteiger partial charge in [-0.2, -0.15) is 0 Å². The van der Waals surface area contributed by atoms with Crippen molar-refractivity contribution in [1.29, 1.82) is 0 Å². The number of rotatable bonds is 3. The molecule has 1 saturated heterocycles. The van der Waals surface area contributed by atoms with Crippen LogP contribution in [0.2, 0.25) is 0 Å². The molecule has 0 spiro atoms. The second-order valence-electron chi connectivity index (χ2n) is 4.16. The summed E-state index contributed by atoms with van der Waals surface area (Å²) < 4.78 is 0. The standard InChI is InChI=1S/C12H14N2O3/c15-11-3-5-14(6-4-11)8-10-2-1-9(7-13-10)12(16)17/h1-2,7H,3-6,8H2,(H,16,17). The van der Waals surface area contributed by atoms with Crippen molar-refractivity contribution in [3.8, 4) is 0 Å². The SMILES string of the molecule is O=C1CCN(Cc2ccc(C(=O)O)cn2)CC1. The van der Waals surface area contributed by atoms with Crippen LogP contribution >= 0.6 is 0 Å². The Kier molecular flexibility index (Phi) is 3.49. The summed E-state index contributed by atoms with van der Waals surface area (Å²) in [6.07, 6.45) is 2.58. The topological polar surface area (TPSA) is 70.5 Å². The zero-order chi connectivity index (χ0) is 12.3. The number of piperidine rings is 1. The van der Waals surface area contributed by atoms with Crippen LogP contribution in [-0.4, -0.2) is 39.8 Å². The van der Waals surface area contributed by atoms with Gasteiger partial charge >= 0.3 is 5.97 Å². The molecular weight excluding hydrogens is 220 g/mol. The number of aromatic nitrogens is 1. The number of hydrogen-bond donors (Lipinski definition) is 1. The average molecular weight is 234 g/mol. The molecule has 2 rings (SSSR count). The summed E-state index contributed by atoms with van der Waals surface area (Å²) in [5, 5.41) is 8.74. The van der Waals surface area contributed by atoms with E-state index in [1.165, 1.54) is 6.20 Å². The summed E-state index contributed by atoms with van der Waals surface area (Å²) in [5.74, 6) is -0.650. The number of carboxylic acids is 1. The van der Waals surface area contributed by atoms with E-state index < -0.39 is 5.97 Å². The first-order valence-corrected chi connectivity index (χ1v) is 5.57. The molecule has 1 aromatic rings. The van der Waals surface area contributed by atoms with Crippen LogP contribution in [-0.2, 0) is 11.3 Å². The first-order valence-electron chi connectivity index (χ1n) is 5.57. The highest BCUT2D eigenvalue weighted by molar-refractivity contribution is 5.87. The molecule has 0 aromatic carbocycles. The zero-order valence-corrected chi connectivity index (χ0v) is 9.43. The van der Waals surface area contributed by atoms with Crippen molar-refractivity contribution >= 4 is 11.8 Å². The quantitative estimate of drug-likeness (QED) is 0.843. The fraction of sp³-hybridized carbons (Fsp3) is 0.417. The van der Waals surface area contributed by atoms with Crippen molar-refractivity contribution in [2.45, 2.75) is 19.4 Å². The fourth-order valence-electron chi connectivity index (χ4n) is 1.83. The van der Waals surface area contributed by atoms with E-state index in [0.717, 1.165) is 18.8 Å². The van der Waals surface area contributed by atoms with E-state index in [2.05, 4.69) is 9.88 Å². The summed E-state index contributed by atoms with van der Waals surface area (Å²) in [4.78, 5) is 28.0. The Balaban J connectivity index is 1.95. The maximum Gasteiger partial charge on any atom is 0.337 e. The van der Waals surface area contributed by atoms with Gasteiger partial charge in [0.25, 0.3) is 0 Å². The highest BCUT2D eigenvalue weighted by Gasteiger charge is 2.16. The maximum atomic E-state index is 11.1. The lowest BCUT2D eigenvalue weighted by Gasteiger charge is -2.25. The van der Waals surface area contributed by atoms with Crippen molar-refractivity contribution in [2.24, 2.45) is 0 Å². The Hall–Kier alpha value is -1.75. The third-order valence-corrected chi connectivity index (χ3v) is 2.87. The number of aromatic carboxylic acids is 1. The van der Waals surface area contributed by atoms with Gasteiger partial charge in [0.2, 0.25) is 0 Å². The van der Waals surface area contributed by atoms with Gasteiger partial charge in [0, 0.05) is 38.7 Å². The largest absolute Gasteiger partial charge is 0.478 e. The van der Waals surface area contributed by atoms with Gasteiger partial charge in [0.1, 0.15) is 5.78 Å². The lowest BCUT2D eigenvalue weighted by Crippen LogP contribution is -2.33. The van der Waals surface area contributed by atoms with Crippen LogP contribution in [0.5, 0.6) is 0 Å². The number of Topliss-reactive ketones (excluding diaryl/α,β-unsaturated/α-hetero) is 1. The van der Waals surface area contributed by atoms with Gasteiger partial charge < -0.3 is 5.11 Å². The third-order valence-electron chi connectivity index (χ3n) is 2.87. The van der Waals surface area contributed by atoms with E-state index in [1.54, 1.807) is 12.1 Å². The first-order chi connectivity index (χ1) is 8.15. The molecule has 0 atom stereocenters. The Labute approximate surface area is 99.1 Å². The van der Waals surface area contributed by atoms with Crippen LogP contribution < -0.4 is 0 Å². The van der Waals surface area contributed by atoms with Crippen molar-refractivity contribution in [3.05, 3.63) is 29.6 Å². The molecule has 0 amide bonds. The van der Waals surface area contributed by atoms with Crippen LogP contribution in [0.15, 0.2) is 18.3 Å². The molecule has 1 aliphatic heterocycles. The van der Waals surface area contributed by atoms with Crippen LogP contribution in [0, 0.1) is 0 Å². The lowest BCUT2D eigenvalue weighted by molar-refractivity contribution is -0.121. The van der Waals surface area contributed by atoms with E-state index >= 15 is 0 Å². The minimum Gasteiger partial charge on any atom is -0.478 e. The van der Waals surface area contributed by atoms with Gasteiger partial charge in [-0.15, -0.1) is 0 Å². The molecule has 0 bridgehead atoms. The molecular formula is C12H14N2O3. The van der Waals surface area contributed by atoms with Crippen LogP contribution in [0.3, 0.4) is 0 Å². The highest BCUT2D eigenvalue weighted by Crippen LogP contribution is 2.10. The maximum absolute atomic E-state index is 11.1. The van der Waals surface area contributed by atoms with Crippen molar-refractivity contribution in [1.82, 2.24) is 9.88 Å². The molecule has 5 heteroatoms. The normalized spacial score (nSPS) is 17.1. The predicted molar refractivity (Wildman–Crippen MR) is 60.7 cm³/mol. The van der Waals surface area contributed by atoms with Gasteiger partial charge in [-0.3, -0.25) is 14.7 Å². The number of ketones is 1. The van der Waals surface area contributed by atoms with E-state index in [-0.39, 0.29) is 5.56 Å². The number of carbonyl (C=O) groups is 2. The molecule has 0 aliphatic carbocycles. The second-order valence-corrected chi connectivity index (χ2v) is 4.16. The molecule has 2 heterocycles. The number of hydrogen-bond acceptors (Lipinski definition) is 4. The monoisotopic (exact) mass is 234 g/mol. The van der Waals surface area contributed by atoms with Crippen LogP contribution in [0.4, 0.5) is 0 Å². The van der Waals surface area contributed by atoms with E-state index in [0.29, 0.717) is 25.2 Å². The van der Waals surface area contributed by atoms with Gasteiger partial charge in [-0.25, -0.2) is 4.79 Å². The molecule has 1 aliphatic rings. The molecule has 0 unspecified atom stereocenters. The number of pyridine rings is 1. The molecule has 0 radical (unpaired) electrons. The Bertz CT molecular complexity index is 418. The predicted octanol–water partition coefficient (Wildman–Crippen LogP) is 0.945. The average Bonchev–Trinajstić information content (AvgIpc) is 2.33. The summed E-state index contributed by atoms with van der Waals surface area (Å²) in [6.45, 7) is 2.20. The number of nitrogens with zero attached hydrogens (tertiary/aromatic N) is 2. The number of carbonyl (C=O) groups excluding carboxylic acids is 1. The zero-order valence-electron chi connectivity index (χ0n) is 9.43. The Morgan fingerprint density at radius 3 is 2.59 bits per heavy atom. The Morgan fingerprint density at radius 2 is 2.06 bits per heavy atom. The molecule has 17 heavy (non-hydrogen) atoms. The number of likely N-dealkylation sites (tertiary alicyclic amines) is 1. The molecule has 0 saturated carbocycles. The van der Waals surface area contributed by atoms with E-state index in [1.807, 2.05) is 0 Å². The van der Waals surface area contributed by atoms with E-state index in [9.17, 15) is 9.59 Å². The Morgan fingerprint density at radius 1 is 1.35 bits per heavy atom. The molecule has 5 nitrogen and oxygen atoms in total. The summed E-state index contributed by atoms with van der Waals surface area (Å²) >= 11 is 0. The first kappa shape index (κ1) is 11.7. The summed E-state index contributed by atoms with van der Waals surface area (Å²) in [5.41, 5.74) is 1.03. The molecule has 90 valence electrons. The fourth-order valence-corrected chi connectivity index (χ4v) is 1.83. The van der Waals surface area contributed by atoms with Crippen LogP contribution in [0.25, 0.3) is 0 Å². The lowest BCUT2D eigenvalue weighted by atomic mass is 10.1. The van der Waals surface area contributed by atoms with Gasteiger partial charge in [0.15, 0.2) is 0 Å². The molecule has 1 aromatic heterocycles. The minimum atomic E-state index is -0.965. The minimum absolute atomic E-state index is 0.197. The van der Waals surface area contributed by atoms with Gasteiger partial charge in [-0.1, -0.05) is 0 Å². The van der Waals surface area contributed by atoms with Gasteiger partial charge in [0.05, 0.1) is 11.3 Å². The smallest absolute Gasteiger partial charge is 0.337 e. The van der Waals surface area contributed by atoms with Crippen molar-refractivity contribution in [2.75, 3.05) is 13.1 Å². The van der Waals surface area contributed by atoms with Crippen LogP contribution in [0.1, 0.15) is 28.9 Å². The molecule has 1 fully saturated rings. The second kappa shape index (κ2) is 5.05. The highest BCUT2D eigenvalue weighted by atomic mass is 16.4. The third kappa shape index (κ3) is 3.10. The summed E-state index contributed by atoms with van der Waals surface area (Å²) in [6, 6.07) is 3.28. The van der Waals surface area contributed by atoms with E-state index in [4.69, 9.17) is 5.11 Å². The van der Waals surface area contributed by atoms with Gasteiger partial charge in [-0.05, 0) is 12.1 Å². The summed E-state index contributed by atoms with van der Waals surface area (Å²) in [7, 11) is 0. The molecule has 1 N–H and O–H groups in total. The van der Waals surface area contributed by atoms with Crippen molar-refractivity contribution < 1.29 is 14.7 Å².